The van der Waals surface area contributed by atoms with Crippen LogP contribution in [0.25, 0.3) is 0 Å². The number of halogens is 6. The molecular weight excluding hydrogens is 454 g/mol. The van der Waals surface area contributed by atoms with Crippen LogP contribution in [0, 0.1) is 0 Å². The molecule has 0 saturated carbocycles. The third-order valence-electron chi connectivity index (χ3n) is 4.92. The number of nitrogens with one attached hydrogen (secondary N) is 4. The molecule has 2 aromatic rings. The molecule has 1 saturated heterocycles. The summed E-state index contributed by atoms with van der Waals surface area (Å²) in [6.07, 6.45) is -9.80. The molecule has 4 N–H and O–H groups in total. The van der Waals surface area contributed by atoms with Crippen LogP contribution in [0.1, 0.15) is 35.7 Å². The zero-order valence-electron chi connectivity index (χ0n) is 17.0. The summed E-state index contributed by atoms with van der Waals surface area (Å²) in [4.78, 5) is 25.0. The third kappa shape index (κ3) is 6.60. The minimum Gasteiger partial charge on any atom is -0.331 e. The van der Waals surface area contributed by atoms with Crippen molar-refractivity contribution in [3.63, 3.8) is 0 Å². The monoisotopic (exact) mass is 474 g/mol. The molecule has 1 heterocycles. The summed E-state index contributed by atoms with van der Waals surface area (Å²) in [5, 5.41) is 10.00. The summed E-state index contributed by atoms with van der Waals surface area (Å²) in [5.41, 5.74) is -3.37. The van der Waals surface area contributed by atoms with E-state index in [4.69, 9.17) is 0 Å². The first-order chi connectivity index (χ1) is 15.4. The van der Waals surface area contributed by atoms with Crippen LogP contribution in [-0.4, -0.2) is 24.5 Å². The van der Waals surface area contributed by atoms with E-state index in [0.29, 0.717) is 30.7 Å². The van der Waals surface area contributed by atoms with Crippen molar-refractivity contribution in [3.05, 3.63) is 65.2 Å². The Labute approximate surface area is 184 Å². The molecule has 2 aromatic carbocycles. The van der Waals surface area contributed by atoms with E-state index in [9.17, 15) is 35.9 Å². The van der Waals surface area contributed by atoms with Gasteiger partial charge in [0.15, 0.2) is 0 Å². The minimum atomic E-state index is -5.05. The van der Waals surface area contributed by atoms with Gasteiger partial charge in [0, 0.05) is 5.69 Å². The van der Waals surface area contributed by atoms with Crippen molar-refractivity contribution in [2.45, 2.75) is 37.4 Å². The second kappa shape index (κ2) is 9.69. The summed E-state index contributed by atoms with van der Waals surface area (Å²) >= 11 is 0. The molecule has 0 unspecified atom stereocenters. The lowest BCUT2D eigenvalue weighted by Gasteiger charge is -2.23. The van der Waals surface area contributed by atoms with Gasteiger partial charge in [-0.2, -0.15) is 26.3 Å². The quantitative estimate of drug-likeness (QED) is 0.383. The van der Waals surface area contributed by atoms with Crippen LogP contribution in [0.4, 0.5) is 36.8 Å². The first-order valence-electron chi connectivity index (χ1n) is 9.89. The molecule has 1 aliphatic heterocycles. The van der Waals surface area contributed by atoms with E-state index in [2.05, 4.69) is 16.0 Å². The van der Waals surface area contributed by atoms with Gasteiger partial charge < -0.3 is 21.3 Å². The first-order valence-corrected chi connectivity index (χ1v) is 9.89. The predicted molar refractivity (Wildman–Crippen MR) is 107 cm³/mol. The van der Waals surface area contributed by atoms with Gasteiger partial charge in [0.2, 0.25) is 5.91 Å². The highest BCUT2D eigenvalue weighted by atomic mass is 19.4. The van der Waals surface area contributed by atoms with Gasteiger partial charge >= 0.3 is 18.4 Å². The maximum atomic E-state index is 13.0. The highest BCUT2D eigenvalue weighted by Gasteiger charge is 2.37. The van der Waals surface area contributed by atoms with E-state index >= 15 is 0 Å². The van der Waals surface area contributed by atoms with E-state index < -0.39 is 53.3 Å². The van der Waals surface area contributed by atoms with Gasteiger partial charge in [-0.05, 0) is 43.1 Å². The predicted octanol–water partition coefficient (Wildman–Crippen LogP) is 4.41. The van der Waals surface area contributed by atoms with Gasteiger partial charge in [-0.1, -0.05) is 30.3 Å². The maximum absolute atomic E-state index is 13.0. The summed E-state index contributed by atoms with van der Waals surface area (Å²) < 4.78 is 78.3. The zero-order valence-corrected chi connectivity index (χ0v) is 17.0. The smallest absolute Gasteiger partial charge is 0.331 e. The molecule has 0 aromatic heterocycles. The molecule has 178 valence electrons. The average Bonchev–Trinajstić information content (AvgIpc) is 3.27. The van der Waals surface area contributed by atoms with E-state index in [-0.39, 0.29) is 6.07 Å². The van der Waals surface area contributed by atoms with Crippen molar-refractivity contribution < 1.29 is 35.9 Å². The van der Waals surface area contributed by atoms with Crippen LogP contribution in [0.5, 0.6) is 0 Å². The molecule has 12 heteroatoms. The summed E-state index contributed by atoms with van der Waals surface area (Å²) in [5.74, 6) is -0.403. The van der Waals surface area contributed by atoms with Crippen LogP contribution < -0.4 is 21.3 Å². The molecular formula is C21H20F6N4O2. The summed E-state index contributed by atoms with van der Waals surface area (Å²) in [6.45, 7) is 0.652. The maximum Gasteiger partial charge on any atom is 0.416 e. The van der Waals surface area contributed by atoms with Crippen LogP contribution in [0.3, 0.4) is 0 Å². The first kappa shape index (κ1) is 24.4. The van der Waals surface area contributed by atoms with E-state index in [1.165, 1.54) is 0 Å². The molecule has 0 aliphatic carbocycles. The van der Waals surface area contributed by atoms with Crippen molar-refractivity contribution >= 4 is 17.6 Å². The number of alkyl halides is 6. The van der Waals surface area contributed by atoms with Gasteiger partial charge in [0.25, 0.3) is 0 Å². The molecule has 0 radical (unpaired) electrons. The number of carbonyl (C=O) groups is 2. The van der Waals surface area contributed by atoms with Gasteiger partial charge in [0.05, 0.1) is 17.2 Å². The largest absolute Gasteiger partial charge is 0.416 e. The molecule has 2 atom stereocenters. The van der Waals surface area contributed by atoms with Crippen molar-refractivity contribution in [1.82, 2.24) is 16.0 Å². The number of rotatable bonds is 5. The van der Waals surface area contributed by atoms with Crippen LogP contribution in [-0.2, 0) is 17.1 Å². The Balaban J connectivity index is 1.80. The number of hydrogen-bond donors (Lipinski definition) is 4. The number of anilines is 1. The van der Waals surface area contributed by atoms with Gasteiger partial charge in [-0.3, -0.25) is 4.79 Å². The summed E-state index contributed by atoms with van der Waals surface area (Å²) in [6, 6.07) is 7.36. The molecule has 33 heavy (non-hydrogen) atoms. The molecule has 0 bridgehead atoms. The fourth-order valence-corrected chi connectivity index (χ4v) is 3.32. The number of hydrogen-bond acceptors (Lipinski definition) is 3. The van der Waals surface area contributed by atoms with Crippen molar-refractivity contribution in [3.8, 4) is 0 Å². The van der Waals surface area contributed by atoms with E-state index in [1.807, 2.05) is 5.32 Å². The number of amides is 3. The Morgan fingerprint density at radius 1 is 0.909 bits per heavy atom. The minimum absolute atomic E-state index is 0.0370. The Kier molecular flexibility index (Phi) is 7.15. The number of carbonyl (C=O) groups excluding carboxylic acids is 2. The van der Waals surface area contributed by atoms with Crippen LogP contribution in [0.15, 0.2) is 48.5 Å². The number of benzene rings is 2. The third-order valence-corrected chi connectivity index (χ3v) is 4.92. The lowest BCUT2D eigenvalue weighted by Crippen LogP contribution is -2.48. The Hall–Kier alpha value is -3.28. The SMILES string of the molecule is O=C(Nc1cc(C(F)(F)F)cc(C(F)(F)F)c1)N[C@@H](NC(=O)[C@@H]1CCCN1)c1ccccc1. The van der Waals surface area contributed by atoms with Crippen molar-refractivity contribution in [1.29, 1.82) is 0 Å². The topological polar surface area (TPSA) is 82.3 Å². The van der Waals surface area contributed by atoms with Gasteiger partial charge in [-0.25, -0.2) is 4.79 Å². The fraction of sp³-hybridized carbons (Fsp3) is 0.333. The normalized spacial score (nSPS) is 17.3. The van der Waals surface area contributed by atoms with Crippen LogP contribution in [0.2, 0.25) is 0 Å². The Morgan fingerprint density at radius 3 is 2.03 bits per heavy atom. The summed E-state index contributed by atoms with van der Waals surface area (Å²) in [7, 11) is 0. The van der Waals surface area contributed by atoms with E-state index in [1.54, 1.807) is 30.3 Å². The molecule has 0 spiro atoms. The molecule has 1 aliphatic rings. The van der Waals surface area contributed by atoms with E-state index in [0.717, 1.165) is 6.42 Å². The second-order valence-corrected chi connectivity index (χ2v) is 7.39. The second-order valence-electron chi connectivity index (χ2n) is 7.39. The zero-order chi connectivity index (χ0) is 24.2. The lowest BCUT2D eigenvalue weighted by molar-refractivity contribution is -0.143. The molecule has 6 nitrogen and oxygen atoms in total. The highest BCUT2D eigenvalue weighted by molar-refractivity contribution is 5.90. The van der Waals surface area contributed by atoms with Crippen molar-refractivity contribution in [2.24, 2.45) is 0 Å². The highest BCUT2D eigenvalue weighted by Crippen LogP contribution is 2.37. The Bertz CT molecular complexity index is 956. The lowest BCUT2D eigenvalue weighted by atomic mass is 10.1. The van der Waals surface area contributed by atoms with Gasteiger partial charge in [-0.15, -0.1) is 0 Å². The molecule has 3 amide bonds. The standard InChI is InChI=1S/C21H20F6N4O2/c22-20(23,24)13-9-14(21(25,26)27)11-15(10-13)29-19(33)31-17(12-5-2-1-3-6-12)30-18(32)16-7-4-8-28-16/h1-3,5-6,9-11,16-17,28H,4,7-8H2,(H,30,32)(H2,29,31,33)/t16-,17+/m0/s1. The Morgan fingerprint density at radius 2 is 1.52 bits per heavy atom. The number of urea groups is 1. The van der Waals surface area contributed by atoms with Crippen molar-refractivity contribution in [2.75, 3.05) is 11.9 Å². The molecule has 3 rings (SSSR count). The van der Waals surface area contributed by atoms with Crippen LogP contribution >= 0.6 is 0 Å². The molecule has 1 fully saturated rings. The fourth-order valence-electron chi connectivity index (χ4n) is 3.32. The van der Waals surface area contributed by atoms with Gasteiger partial charge in [0.1, 0.15) is 6.17 Å². The average molecular weight is 474 g/mol.